The molecule has 1 saturated heterocycles. The molecule has 1 aliphatic rings. The van der Waals surface area contributed by atoms with Crippen molar-refractivity contribution in [3.05, 3.63) is 70.7 Å². The highest BCUT2D eigenvalue weighted by molar-refractivity contribution is 7.22. The van der Waals surface area contributed by atoms with E-state index in [0.29, 0.717) is 36.8 Å². The predicted octanol–water partition coefficient (Wildman–Crippen LogP) is 8.59. The summed E-state index contributed by atoms with van der Waals surface area (Å²) in [7, 11) is 0. The lowest BCUT2D eigenvalue weighted by molar-refractivity contribution is -0.160. The van der Waals surface area contributed by atoms with Crippen LogP contribution in [0.5, 0.6) is 0 Å². The monoisotopic (exact) mass is 649 g/mol. The molecule has 2 heterocycles. The minimum Gasteiger partial charge on any atom is -0.479 e. The van der Waals surface area contributed by atoms with E-state index in [2.05, 4.69) is 17.0 Å². The first-order valence-electron chi connectivity index (χ1n) is 15.0. The number of hydrogen-bond donors (Lipinski definition) is 1. The van der Waals surface area contributed by atoms with E-state index in [1.54, 1.807) is 4.90 Å². The Kier molecular flexibility index (Phi) is 9.18. The van der Waals surface area contributed by atoms with Gasteiger partial charge in [-0.25, -0.2) is 14.6 Å². The Bertz CT molecular complexity index is 1710. The third-order valence-corrected chi connectivity index (χ3v) is 8.80. The van der Waals surface area contributed by atoms with Gasteiger partial charge in [-0.1, -0.05) is 35.9 Å². The molecule has 0 radical (unpaired) electrons. The summed E-state index contributed by atoms with van der Waals surface area (Å²) in [5, 5.41) is 11.8. The third kappa shape index (κ3) is 7.60. The van der Waals surface area contributed by atoms with Crippen LogP contribution < -0.4 is 4.90 Å². The first-order chi connectivity index (χ1) is 21.1. The molecule has 0 spiro atoms. The van der Waals surface area contributed by atoms with Crippen molar-refractivity contribution in [3.8, 4) is 21.7 Å². The maximum Gasteiger partial charge on any atom is 0.410 e. The van der Waals surface area contributed by atoms with Gasteiger partial charge >= 0.3 is 12.1 Å². The summed E-state index contributed by atoms with van der Waals surface area (Å²) in [6.07, 6.45) is -1.46. The van der Waals surface area contributed by atoms with Crippen LogP contribution in [0, 0.1) is 6.92 Å². The van der Waals surface area contributed by atoms with Crippen molar-refractivity contribution in [2.24, 2.45) is 0 Å². The molecule has 0 bridgehead atoms. The first-order valence-corrected chi connectivity index (χ1v) is 16.2. The maximum absolute atomic E-state index is 12.6. The molecule has 1 aromatic heterocycles. The average Bonchev–Trinajstić information content (AvgIpc) is 3.38. The molecule has 238 valence electrons. The van der Waals surface area contributed by atoms with Gasteiger partial charge in [-0.2, -0.15) is 0 Å². The van der Waals surface area contributed by atoms with Gasteiger partial charge in [0, 0.05) is 53.6 Å². The number of anilines is 1. The second-order valence-electron chi connectivity index (χ2n) is 13.3. The summed E-state index contributed by atoms with van der Waals surface area (Å²) in [6.45, 7) is 15.6. The molecule has 3 aromatic carbocycles. The Morgan fingerprint density at radius 1 is 0.933 bits per heavy atom. The van der Waals surface area contributed by atoms with Crippen molar-refractivity contribution in [1.82, 2.24) is 9.88 Å². The minimum atomic E-state index is -1.17. The van der Waals surface area contributed by atoms with Gasteiger partial charge in [-0.3, -0.25) is 0 Å². The molecule has 8 nitrogen and oxygen atoms in total. The van der Waals surface area contributed by atoms with Crippen molar-refractivity contribution in [1.29, 1.82) is 0 Å². The summed E-state index contributed by atoms with van der Waals surface area (Å²) in [5.41, 5.74) is 4.63. The van der Waals surface area contributed by atoms with Crippen LogP contribution in [-0.4, -0.2) is 64.4 Å². The number of carboxylic acid groups (broad SMARTS) is 1. The number of thiazole rings is 1. The van der Waals surface area contributed by atoms with Gasteiger partial charge in [-0.05, 0) is 89.9 Å². The molecule has 0 aliphatic carbocycles. The Balaban J connectivity index is 1.53. The number of ether oxygens (including phenoxy) is 2. The number of hydrogen-bond acceptors (Lipinski definition) is 7. The zero-order chi connectivity index (χ0) is 32.7. The lowest BCUT2D eigenvalue weighted by Crippen LogP contribution is -2.50. The number of carbonyl (C=O) groups is 2. The van der Waals surface area contributed by atoms with Crippen LogP contribution in [0.3, 0.4) is 0 Å². The lowest BCUT2D eigenvalue weighted by Gasteiger charge is -2.36. The molecule has 0 saturated carbocycles. The Hall–Kier alpha value is -3.66. The zero-order valence-electron chi connectivity index (χ0n) is 26.8. The first kappa shape index (κ1) is 32.7. The second kappa shape index (κ2) is 12.6. The van der Waals surface area contributed by atoms with Crippen LogP contribution in [0.25, 0.3) is 31.9 Å². The summed E-state index contributed by atoms with van der Waals surface area (Å²) >= 11 is 7.77. The molecule has 5 rings (SSSR count). The fourth-order valence-electron chi connectivity index (χ4n) is 5.47. The number of aryl methyl sites for hydroxylation is 1. The molecule has 10 heteroatoms. The van der Waals surface area contributed by atoms with E-state index in [4.69, 9.17) is 26.1 Å². The third-order valence-electron chi connectivity index (χ3n) is 7.41. The molecule has 1 fully saturated rings. The Morgan fingerprint density at radius 2 is 1.60 bits per heavy atom. The van der Waals surface area contributed by atoms with Gasteiger partial charge in [0.1, 0.15) is 10.6 Å². The van der Waals surface area contributed by atoms with Gasteiger partial charge in [0.15, 0.2) is 6.10 Å². The molecule has 45 heavy (non-hydrogen) atoms. The number of carboxylic acids is 1. The van der Waals surface area contributed by atoms with Crippen molar-refractivity contribution in [2.75, 3.05) is 31.1 Å². The highest BCUT2D eigenvalue weighted by Crippen LogP contribution is 2.44. The molecule has 1 aliphatic heterocycles. The molecule has 1 amide bonds. The Morgan fingerprint density at radius 3 is 2.20 bits per heavy atom. The van der Waals surface area contributed by atoms with E-state index < -0.39 is 23.3 Å². The van der Waals surface area contributed by atoms with Crippen LogP contribution >= 0.6 is 22.9 Å². The van der Waals surface area contributed by atoms with Crippen molar-refractivity contribution < 1.29 is 24.2 Å². The fraction of sp³-hybridized carbons (Fsp3) is 0.400. The highest BCUT2D eigenvalue weighted by atomic mass is 35.5. The fourth-order valence-corrected chi connectivity index (χ4v) is 6.72. The lowest BCUT2D eigenvalue weighted by atomic mass is 9.91. The topological polar surface area (TPSA) is 92.2 Å². The average molecular weight is 650 g/mol. The molecule has 1 atom stereocenters. The van der Waals surface area contributed by atoms with E-state index in [0.717, 1.165) is 43.2 Å². The van der Waals surface area contributed by atoms with E-state index in [-0.39, 0.29) is 6.09 Å². The molecule has 1 N–H and O–H groups in total. The molecular weight excluding hydrogens is 610 g/mol. The zero-order valence-corrected chi connectivity index (χ0v) is 28.4. The summed E-state index contributed by atoms with van der Waals surface area (Å²) in [4.78, 5) is 34.3. The number of benzene rings is 3. The van der Waals surface area contributed by atoms with E-state index in [9.17, 15) is 14.7 Å². The smallest absolute Gasteiger partial charge is 0.410 e. The van der Waals surface area contributed by atoms with Crippen molar-refractivity contribution in [2.45, 2.75) is 65.8 Å². The summed E-state index contributed by atoms with van der Waals surface area (Å²) in [6, 6.07) is 17.6. The number of amides is 1. The van der Waals surface area contributed by atoms with Crippen molar-refractivity contribution in [3.63, 3.8) is 0 Å². The van der Waals surface area contributed by atoms with Crippen molar-refractivity contribution >= 4 is 50.9 Å². The standard InChI is InChI=1S/C35H40ClN3O5S/c1-21-19-26-30(28(22-11-13-24(36)14-12-22)27(21)29(32(40)41)43-34(2,3)4)45-31(37-26)23-9-8-10-25(20-23)38-15-17-39(18-16-38)33(42)44-35(5,6)7/h8-14,19-20,29H,15-18H2,1-7H3,(H,40,41). The number of fused-ring (bicyclic) bond motifs is 1. The summed E-state index contributed by atoms with van der Waals surface area (Å²) in [5.74, 6) is -1.05. The highest BCUT2D eigenvalue weighted by Gasteiger charge is 2.32. The molecule has 4 aromatic rings. The number of rotatable bonds is 6. The van der Waals surface area contributed by atoms with Crippen LogP contribution in [-0.2, 0) is 14.3 Å². The van der Waals surface area contributed by atoms with Crippen LogP contribution in [0.1, 0.15) is 58.8 Å². The predicted molar refractivity (Wildman–Crippen MR) is 181 cm³/mol. The quantitative estimate of drug-likeness (QED) is 0.224. The summed E-state index contributed by atoms with van der Waals surface area (Å²) < 4.78 is 12.6. The van der Waals surface area contributed by atoms with Crippen LogP contribution in [0.15, 0.2) is 54.6 Å². The van der Waals surface area contributed by atoms with Gasteiger partial charge in [-0.15, -0.1) is 11.3 Å². The maximum atomic E-state index is 12.6. The molecule has 1 unspecified atom stereocenters. The number of aliphatic carboxylic acids is 1. The van der Waals surface area contributed by atoms with Crippen LogP contribution in [0.4, 0.5) is 10.5 Å². The van der Waals surface area contributed by atoms with Gasteiger partial charge in [0.05, 0.1) is 15.8 Å². The Labute approximate surface area is 273 Å². The van der Waals surface area contributed by atoms with Gasteiger partial charge in [0.25, 0.3) is 0 Å². The van der Waals surface area contributed by atoms with Gasteiger partial charge in [0.2, 0.25) is 0 Å². The number of halogens is 1. The van der Waals surface area contributed by atoms with E-state index in [1.807, 2.05) is 90.9 Å². The normalized spacial score (nSPS) is 14.9. The SMILES string of the molecule is Cc1cc2nc(-c3cccc(N4CCN(C(=O)OC(C)(C)C)CC4)c3)sc2c(-c2ccc(Cl)cc2)c1C(OC(C)(C)C)C(=O)O. The number of aromatic nitrogens is 1. The van der Waals surface area contributed by atoms with Crippen LogP contribution in [0.2, 0.25) is 5.02 Å². The van der Waals surface area contributed by atoms with E-state index in [1.165, 1.54) is 11.3 Å². The van der Waals surface area contributed by atoms with E-state index >= 15 is 0 Å². The largest absolute Gasteiger partial charge is 0.479 e. The number of piperazine rings is 1. The number of nitrogens with zero attached hydrogens (tertiary/aromatic N) is 3. The molecular formula is C35H40ClN3O5S. The van der Waals surface area contributed by atoms with Gasteiger partial charge < -0.3 is 24.4 Å². The second-order valence-corrected chi connectivity index (χ2v) is 14.7. The number of carbonyl (C=O) groups excluding carboxylic acids is 1. The minimum absolute atomic E-state index is 0.283.